The largest absolute Gasteiger partial charge is 0.355 e. The van der Waals surface area contributed by atoms with Crippen LogP contribution in [0.4, 0.5) is 15.9 Å². The van der Waals surface area contributed by atoms with E-state index in [1.165, 1.54) is 12.1 Å². The Bertz CT molecular complexity index is 1120. The molecule has 6 nitrogen and oxygen atoms in total. The molecule has 1 fully saturated rings. The van der Waals surface area contributed by atoms with Crippen molar-refractivity contribution < 1.29 is 9.18 Å². The summed E-state index contributed by atoms with van der Waals surface area (Å²) in [5.41, 5.74) is 2.29. The fraction of sp³-hybridized carbons (Fsp3) is 0.217. The number of carbonyl (C=O) groups is 1. The van der Waals surface area contributed by atoms with Gasteiger partial charge in [0.25, 0.3) is 0 Å². The number of rotatable bonds is 4. The summed E-state index contributed by atoms with van der Waals surface area (Å²) in [4.78, 5) is 14.8. The summed E-state index contributed by atoms with van der Waals surface area (Å²) in [7, 11) is 0. The van der Waals surface area contributed by atoms with Crippen LogP contribution < -0.4 is 10.2 Å². The Balaban J connectivity index is 1.36. The van der Waals surface area contributed by atoms with Crippen molar-refractivity contribution in [2.75, 3.05) is 23.3 Å². The van der Waals surface area contributed by atoms with Gasteiger partial charge in [0.1, 0.15) is 11.9 Å². The van der Waals surface area contributed by atoms with Crippen molar-refractivity contribution in [3.8, 4) is 17.3 Å². The van der Waals surface area contributed by atoms with Crippen molar-refractivity contribution >= 4 is 29.0 Å². The predicted molar refractivity (Wildman–Crippen MR) is 117 cm³/mol. The molecule has 2 aromatic carbocycles. The molecule has 0 aliphatic carbocycles. The standard InChI is InChI=1S/C23H19ClFN5O/c24-18-4-1-17(14-26)21(13-18)27-23(31)16-9-11-30(12-10-16)22-8-7-20(28-29-22)15-2-5-19(25)6-3-15/h1-8,13,16H,9-12H2,(H,27,31). The van der Waals surface area contributed by atoms with Crippen molar-refractivity contribution in [1.82, 2.24) is 10.2 Å². The number of amides is 1. The maximum atomic E-state index is 13.1. The average Bonchev–Trinajstić information content (AvgIpc) is 2.80. The van der Waals surface area contributed by atoms with Crippen LogP contribution in [-0.2, 0) is 4.79 Å². The molecule has 156 valence electrons. The molecule has 2 heterocycles. The third-order valence-electron chi connectivity index (χ3n) is 5.34. The van der Waals surface area contributed by atoms with Crippen molar-refractivity contribution in [2.45, 2.75) is 12.8 Å². The molecule has 0 atom stereocenters. The van der Waals surface area contributed by atoms with Gasteiger partial charge in [-0.25, -0.2) is 4.39 Å². The SMILES string of the molecule is N#Cc1ccc(Cl)cc1NC(=O)C1CCN(c2ccc(-c3ccc(F)cc3)nn2)CC1. The summed E-state index contributed by atoms with van der Waals surface area (Å²) >= 11 is 5.99. The first-order valence-corrected chi connectivity index (χ1v) is 10.3. The number of piperidine rings is 1. The zero-order valence-corrected chi connectivity index (χ0v) is 17.3. The van der Waals surface area contributed by atoms with Gasteiger partial charge >= 0.3 is 0 Å². The molecule has 0 radical (unpaired) electrons. The van der Waals surface area contributed by atoms with E-state index in [4.69, 9.17) is 11.6 Å². The first-order valence-electron chi connectivity index (χ1n) is 9.88. The Hall–Kier alpha value is -3.50. The lowest BCUT2D eigenvalue weighted by Crippen LogP contribution is -2.38. The molecule has 1 aromatic heterocycles. The molecule has 31 heavy (non-hydrogen) atoms. The van der Waals surface area contributed by atoms with Gasteiger partial charge in [0, 0.05) is 29.6 Å². The zero-order valence-electron chi connectivity index (χ0n) is 16.6. The Morgan fingerprint density at radius 3 is 2.48 bits per heavy atom. The molecule has 1 aliphatic rings. The molecule has 3 aromatic rings. The van der Waals surface area contributed by atoms with E-state index in [0.29, 0.717) is 47.9 Å². The monoisotopic (exact) mass is 435 g/mol. The third kappa shape index (κ3) is 4.81. The van der Waals surface area contributed by atoms with E-state index in [1.807, 2.05) is 12.1 Å². The van der Waals surface area contributed by atoms with Gasteiger partial charge in [0.2, 0.25) is 5.91 Å². The van der Waals surface area contributed by atoms with Gasteiger partial charge in [-0.05, 0) is 67.4 Å². The van der Waals surface area contributed by atoms with E-state index in [2.05, 4.69) is 26.5 Å². The lowest BCUT2D eigenvalue weighted by molar-refractivity contribution is -0.120. The highest BCUT2D eigenvalue weighted by Gasteiger charge is 2.26. The highest BCUT2D eigenvalue weighted by Crippen LogP contribution is 2.26. The van der Waals surface area contributed by atoms with Crippen LogP contribution in [0, 0.1) is 23.1 Å². The van der Waals surface area contributed by atoms with Gasteiger partial charge in [0.05, 0.1) is 16.9 Å². The molecule has 0 saturated carbocycles. The molecular formula is C23H19ClFN5O. The third-order valence-corrected chi connectivity index (χ3v) is 5.58. The fourth-order valence-corrected chi connectivity index (χ4v) is 3.76. The van der Waals surface area contributed by atoms with Crippen LogP contribution in [0.5, 0.6) is 0 Å². The molecule has 0 bridgehead atoms. The van der Waals surface area contributed by atoms with Gasteiger partial charge < -0.3 is 10.2 Å². The van der Waals surface area contributed by atoms with Gasteiger partial charge in [-0.1, -0.05) is 11.6 Å². The number of carbonyl (C=O) groups excluding carboxylic acids is 1. The number of halogens is 2. The number of nitriles is 1. The van der Waals surface area contributed by atoms with Crippen LogP contribution in [0.2, 0.25) is 5.02 Å². The normalized spacial score (nSPS) is 14.2. The second kappa shape index (κ2) is 9.11. The number of nitrogens with zero attached hydrogens (tertiary/aromatic N) is 4. The van der Waals surface area contributed by atoms with Crippen molar-refractivity contribution in [1.29, 1.82) is 5.26 Å². The quantitative estimate of drug-likeness (QED) is 0.644. The minimum atomic E-state index is -0.292. The number of aromatic nitrogens is 2. The summed E-state index contributed by atoms with van der Waals surface area (Å²) in [6, 6.07) is 16.7. The van der Waals surface area contributed by atoms with E-state index >= 15 is 0 Å². The average molecular weight is 436 g/mol. The molecule has 0 spiro atoms. The molecule has 1 amide bonds. The summed E-state index contributed by atoms with van der Waals surface area (Å²) in [6.45, 7) is 1.34. The Morgan fingerprint density at radius 2 is 1.84 bits per heavy atom. The molecule has 1 aliphatic heterocycles. The first kappa shape index (κ1) is 20.8. The topological polar surface area (TPSA) is 81.9 Å². The number of hydrogen-bond acceptors (Lipinski definition) is 5. The van der Waals surface area contributed by atoms with Gasteiger partial charge in [-0.3, -0.25) is 4.79 Å². The second-order valence-corrected chi connectivity index (χ2v) is 7.77. The van der Waals surface area contributed by atoms with Crippen LogP contribution in [0.3, 0.4) is 0 Å². The Kier molecular flexibility index (Phi) is 6.10. The highest BCUT2D eigenvalue weighted by molar-refractivity contribution is 6.31. The fourth-order valence-electron chi connectivity index (χ4n) is 3.59. The molecule has 0 unspecified atom stereocenters. The van der Waals surface area contributed by atoms with E-state index in [0.717, 1.165) is 11.4 Å². The van der Waals surface area contributed by atoms with Crippen molar-refractivity contribution in [2.24, 2.45) is 5.92 Å². The maximum Gasteiger partial charge on any atom is 0.227 e. The number of benzene rings is 2. The van der Waals surface area contributed by atoms with Crippen molar-refractivity contribution in [3.63, 3.8) is 0 Å². The summed E-state index contributed by atoms with van der Waals surface area (Å²) < 4.78 is 13.1. The Labute approximate surface area is 184 Å². The van der Waals surface area contributed by atoms with E-state index in [9.17, 15) is 14.4 Å². The number of nitrogens with one attached hydrogen (secondary N) is 1. The number of hydrogen-bond donors (Lipinski definition) is 1. The number of anilines is 2. The molecular weight excluding hydrogens is 417 g/mol. The molecule has 1 saturated heterocycles. The molecule has 8 heteroatoms. The van der Waals surface area contributed by atoms with Crippen LogP contribution in [0.1, 0.15) is 18.4 Å². The molecule has 1 N–H and O–H groups in total. The van der Waals surface area contributed by atoms with Gasteiger partial charge in [-0.15, -0.1) is 10.2 Å². The second-order valence-electron chi connectivity index (χ2n) is 7.34. The smallest absolute Gasteiger partial charge is 0.227 e. The predicted octanol–water partition coefficient (Wildman–Crippen LogP) is 4.66. The molecule has 4 rings (SSSR count). The van der Waals surface area contributed by atoms with E-state index in [-0.39, 0.29) is 17.6 Å². The lowest BCUT2D eigenvalue weighted by Gasteiger charge is -2.31. The van der Waals surface area contributed by atoms with Crippen LogP contribution >= 0.6 is 11.6 Å². The summed E-state index contributed by atoms with van der Waals surface area (Å²) in [5.74, 6) is 0.176. The van der Waals surface area contributed by atoms with E-state index in [1.54, 1.807) is 30.3 Å². The zero-order chi connectivity index (χ0) is 21.8. The van der Waals surface area contributed by atoms with Gasteiger partial charge in [-0.2, -0.15) is 5.26 Å². The van der Waals surface area contributed by atoms with Crippen LogP contribution in [0.25, 0.3) is 11.3 Å². The minimum Gasteiger partial charge on any atom is -0.355 e. The summed E-state index contributed by atoms with van der Waals surface area (Å²) in [5, 5.41) is 21.1. The van der Waals surface area contributed by atoms with Crippen LogP contribution in [0.15, 0.2) is 54.6 Å². The summed E-state index contributed by atoms with van der Waals surface area (Å²) in [6.07, 6.45) is 1.32. The minimum absolute atomic E-state index is 0.115. The van der Waals surface area contributed by atoms with E-state index < -0.39 is 0 Å². The highest BCUT2D eigenvalue weighted by atomic mass is 35.5. The van der Waals surface area contributed by atoms with Crippen molar-refractivity contribution in [3.05, 3.63) is 71.0 Å². The lowest BCUT2D eigenvalue weighted by atomic mass is 9.95. The maximum absolute atomic E-state index is 13.1. The Morgan fingerprint density at radius 1 is 1.10 bits per heavy atom. The van der Waals surface area contributed by atoms with Crippen LogP contribution in [-0.4, -0.2) is 29.2 Å². The first-order chi connectivity index (χ1) is 15.0. The van der Waals surface area contributed by atoms with Gasteiger partial charge in [0.15, 0.2) is 5.82 Å².